The lowest BCUT2D eigenvalue weighted by molar-refractivity contribution is 0.209. The number of rotatable bonds is 5. The van der Waals surface area contributed by atoms with Gasteiger partial charge in [0, 0.05) is 0 Å². The van der Waals surface area contributed by atoms with E-state index in [0.717, 1.165) is 12.8 Å². The maximum Gasteiger partial charge on any atom is 0.409 e. The Bertz CT molecular complexity index is 554. The fraction of sp³-hybridized carbons (Fsp3) is 0.400. The second-order valence-electron chi connectivity index (χ2n) is 4.22. The number of nitrogens with zero attached hydrogens (tertiary/aromatic N) is 1. The maximum atomic E-state index is 11.7. The Morgan fingerprint density at radius 3 is 2.67 bits per heavy atom. The smallest absolute Gasteiger partial charge is 0.409 e. The summed E-state index contributed by atoms with van der Waals surface area (Å²) in [5, 5.41) is 10.6. The molecular weight excluding hydrogens is 258 g/mol. The lowest BCUT2D eigenvalue weighted by Crippen LogP contribution is -2.18. The zero-order valence-corrected chi connectivity index (χ0v) is 10.3. The molecule has 7 nitrogen and oxygen atoms in total. The lowest BCUT2D eigenvalue weighted by atomic mass is 10.4. The summed E-state index contributed by atoms with van der Waals surface area (Å²) in [7, 11) is -3.38. The Morgan fingerprint density at radius 1 is 1.39 bits per heavy atom. The van der Waals surface area contributed by atoms with Crippen LogP contribution in [0.4, 0.5) is 16.2 Å². The van der Waals surface area contributed by atoms with E-state index < -0.39 is 16.1 Å². The molecule has 1 aromatic rings. The zero-order chi connectivity index (χ0) is 13.2. The summed E-state index contributed by atoms with van der Waals surface area (Å²) in [4.78, 5) is 14.2. The number of amides is 1. The molecule has 2 rings (SSSR count). The van der Waals surface area contributed by atoms with Gasteiger partial charge in [-0.3, -0.25) is 15.0 Å². The number of anilines is 2. The van der Waals surface area contributed by atoms with Crippen LogP contribution in [0.3, 0.4) is 0 Å². The van der Waals surface area contributed by atoms with Crippen LogP contribution < -0.4 is 10.0 Å². The number of carboxylic acid groups (broad SMARTS) is 1. The van der Waals surface area contributed by atoms with Crippen molar-refractivity contribution >= 4 is 27.5 Å². The molecule has 3 N–H and O–H groups in total. The molecule has 0 saturated heterocycles. The Labute approximate surface area is 104 Å². The molecule has 1 fully saturated rings. The molecule has 1 aliphatic rings. The molecule has 8 heteroatoms. The standard InChI is InChI=1S/C10H13N3O4S/c14-10(15)12-8-3-9(5-11-4-8)13-18(16,17)6-7-1-2-7/h3-5,7,12-13H,1-2,6H2,(H,14,15). The number of nitrogens with one attached hydrogen (secondary N) is 2. The first-order valence-electron chi connectivity index (χ1n) is 5.40. The van der Waals surface area contributed by atoms with E-state index in [4.69, 9.17) is 5.11 Å². The average Bonchev–Trinajstić information content (AvgIpc) is 2.99. The second-order valence-corrected chi connectivity index (χ2v) is 5.99. The molecule has 1 saturated carbocycles. The molecule has 1 aliphatic carbocycles. The Hall–Kier alpha value is -1.83. The third-order valence-corrected chi connectivity index (χ3v) is 3.87. The molecule has 1 aromatic heterocycles. The van der Waals surface area contributed by atoms with Crippen molar-refractivity contribution in [1.82, 2.24) is 4.98 Å². The first-order chi connectivity index (χ1) is 8.44. The quantitative estimate of drug-likeness (QED) is 0.748. The second kappa shape index (κ2) is 4.81. The summed E-state index contributed by atoms with van der Waals surface area (Å²) < 4.78 is 25.8. The van der Waals surface area contributed by atoms with Crippen LogP contribution in [0.15, 0.2) is 18.5 Å². The summed E-state index contributed by atoms with van der Waals surface area (Å²) in [6, 6.07) is 1.38. The van der Waals surface area contributed by atoms with Gasteiger partial charge in [-0.25, -0.2) is 13.2 Å². The van der Waals surface area contributed by atoms with Crippen molar-refractivity contribution in [2.45, 2.75) is 12.8 Å². The van der Waals surface area contributed by atoms with Crippen molar-refractivity contribution in [3.05, 3.63) is 18.5 Å². The Kier molecular flexibility index (Phi) is 3.37. The SMILES string of the molecule is O=C(O)Nc1cncc(NS(=O)(=O)CC2CC2)c1. The van der Waals surface area contributed by atoms with E-state index in [2.05, 4.69) is 15.0 Å². The molecule has 98 valence electrons. The van der Waals surface area contributed by atoms with Crippen LogP contribution in [0, 0.1) is 5.92 Å². The zero-order valence-electron chi connectivity index (χ0n) is 9.46. The van der Waals surface area contributed by atoms with Crippen LogP contribution in [0.2, 0.25) is 0 Å². The topological polar surface area (TPSA) is 108 Å². The van der Waals surface area contributed by atoms with Gasteiger partial charge in [-0.05, 0) is 24.8 Å². The summed E-state index contributed by atoms with van der Waals surface area (Å²) in [5.41, 5.74) is 0.469. The monoisotopic (exact) mass is 271 g/mol. The first kappa shape index (κ1) is 12.6. The number of hydrogen-bond donors (Lipinski definition) is 3. The lowest BCUT2D eigenvalue weighted by Gasteiger charge is -2.08. The molecule has 0 aromatic carbocycles. The third kappa shape index (κ3) is 3.88. The van der Waals surface area contributed by atoms with E-state index in [0.29, 0.717) is 0 Å². The highest BCUT2D eigenvalue weighted by Gasteiger charge is 2.28. The van der Waals surface area contributed by atoms with E-state index in [9.17, 15) is 13.2 Å². The summed E-state index contributed by atoms with van der Waals surface area (Å²) >= 11 is 0. The minimum absolute atomic E-state index is 0.101. The van der Waals surface area contributed by atoms with Gasteiger partial charge in [-0.15, -0.1) is 0 Å². The highest BCUT2D eigenvalue weighted by Crippen LogP contribution is 2.30. The van der Waals surface area contributed by atoms with Crippen molar-refractivity contribution < 1.29 is 18.3 Å². The molecule has 0 radical (unpaired) electrons. The van der Waals surface area contributed by atoms with Crippen LogP contribution in [0.5, 0.6) is 0 Å². The van der Waals surface area contributed by atoms with Crippen molar-refractivity contribution in [3.63, 3.8) is 0 Å². The molecule has 0 spiro atoms. The van der Waals surface area contributed by atoms with Gasteiger partial charge < -0.3 is 5.11 Å². The van der Waals surface area contributed by atoms with E-state index in [1.807, 2.05) is 0 Å². The van der Waals surface area contributed by atoms with E-state index in [1.54, 1.807) is 0 Å². The highest BCUT2D eigenvalue weighted by atomic mass is 32.2. The van der Waals surface area contributed by atoms with Crippen LogP contribution in [0.1, 0.15) is 12.8 Å². The largest absolute Gasteiger partial charge is 0.465 e. The summed E-state index contributed by atoms with van der Waals surface area (Å²) in [6.45, 7) is 0. The Balaban J connectivity index is 2.06. The van der Waals surface area contributed by atoms with Gasteiger partial charge in [0.05, 0.1) is 29.5 Å². The van der Waals surface area contributed by atoms with Crippen molar-refractivity contribution in [1.29, 1.82) is 0 Å². The molecule has 1 amide bonds. The van der Waals surface area contributed by atoms with E-state index >= 15 is 0 Å². The fourth-order valence-corrected chi connectivity index (χ4v) is 3.01. The van der Waals surface area contributed by atoms with Crippen molar-refractivity contribution in [2.24, 2.45) is 5.92 Å². The Morgan fingerprint density at radius 2 is 2.06 bits per heavy atom. The van der Waals surface area contributed by atoms with Crippen molar-refractivity contribution in [3.8, 4) is 0 Å². The number of aromatic nitrogens is 1. The van der Waals surface area contributed by atoms with Gasteiger partial charge >= 0.3 is 6.09 Å². The molecular formula is C10H13N3O4S. The number of carbonyl (C=O) groups is 1. The molecule has 0 aliphatic heterocycles. The van der Waals surface area contributed by atoms with E-state index in [1.165, 1.54) is 18.5 Å². The molecule has 0 atom stereocenters. The minimum Gasteiger partial charge on any atom is -0.465 e. The highest BCUT2D eigenvalue weighted by molar-refractivity contribution is 7.92. The van der Waals surface area contributed by atoms with Gasteiger partial charge in [-0.1, -0.05) is 0 Å². The van der Waals surface area contributed by atoms with Crippen LogP contribution in [0.25, 0.3) is 0 Å². The van der Waals surface area contributed by atoms with Crippen LogP contribution >= 0.6 is 0 Å². The predicted octanol–water partition coefficient (Wildman–Crippen LogP) is 1.32. The minimum atomic E-state index is -3.38. The molecule has 18 heavy (non-hydrogen) atoms. The maximum absolute atomic E-state index is 11.7. The van der Waals surface area contributed by atoms with Gasteiger partial charge in [0.1, 0.15) is 0 Å². The van der Waals surface area contributed by atoms with E-state index in [-0.39, 0.29) is 23.0 Å². The van der Waals surface area contributed by atoms with Crippen LogP contribution in [-0.2, 0) is 10.0 Å². The number of sulfonamides is 1. The molecule has 1 heterocycles. The van der Waals surface area contributed by atoms with Gasteiger partial charge in [0.15, 0.2) is 0 Å². The average molecular weight is 271 g/mol. The normalized spacial score (nSPS) is 15.1. The summed E-state index contributed by atoms with van der Waals surface area (Å²) in [6.07, 6.45) is 3.29. The predicted molar refractivity (Wildman–Crippen MR) is 66.0 cm³/mol. The third-order valence-electron chi connectivity index (χ3n) is 2.41. The summed E-state index contributed by atoms with van der Waals surface area (Å²) in [5.74, 6) is 0.347. The first-order valence-corrected chi connectivity index (χ1v) is 7.05. The van der Waals surface area contributed by atoms with Crippen molar-refractivity contribution in [2.75, 3.05) is 15.8 Å². The van der Waals surface area contributed by atoms with Gasteiger partial charge in [-0.2, -0.15) is 0 Å². The molecule has 0 bridgehead atoms. The van der Waals surface area contributed by atoms with Gasteiger partial charge in [0.25, 0.3) is 0 Å². The number of hydrogen-bond acceptors (Lipinski definition) is 4. The van der Waals surface area contributed by atoms with Crippen LogP contribution in [-0.4, -0.2) is 30.4 Å². The fourth-order valence-electron chi connectivity index (χ4n) is 1.50. The molecule has 0 unspecified atom stereocenters. The number of pyridine rings is 1. The van der Waals surface area contributed by atoms with Gasteiger partial charge in [0.2, 0.25) is 10.0 Å².